The van der Waals surface area contributed by atoms with Gasteiger partial charge in [0.1, 0.15) is 11.5 Å². The van der Waals surface area contributed by atoms with Crippen molar-refractivity contribution >= 4 is 22.2 Å². The predicted molar refractivity (Wildman–Crippen MR) is 149 cm³/mol. The molecule has 7 nitrogen and oxygen atoms in total. The van der Waals surface area contributed by atoms with Crippen LogP contribution in [0.2, 0.25) is 0 Å². The summed E-state index contributed by atoms with van der Waals surface area (Å²) in [5, 5.41) is 5.93. The third-order valence-electron chi connectivity index (χ3n) is 5.93. The molecule has 8 heteroatoms. The summed E-state index contributed by atoms with van der Waals surface area (Å²) in [5.74, 6) is 1.17. The quantitative estimate of drug-likeness (QED) is 0.219. The number of aromatic amines is 1. The topological polar surface area (TPSA) is 81.9 Å². The molecule has 0 saturated heterocycles. The van der Waals surface area contributed by atoms with Crippen molar-refractivity contribution < 1.29 is 4.74 Å². The number of hydrogen-bond donors (Lipinski definition) is 1. The van der Waals surface area contributed by atoms with E-state index in [-0.39, 0.29) is 17.7 Å². The van der Waals surface area contributed by atoms with Gasteiger partial charge in [-0.2, -0.15) is 4.68 Å². The number of nitrogens with zero attached hydrogens (tertiary/aromatic N) is 3. The third-order valence-corrected chi connectivity index (χ3v) is 6.76. The fourth-order valence-electron chi connectivity index (χ4n) is 4.14. The van der Waals surface area contributed by atoms with Crippen molar-refractivity contribution in [3.05, 3.63) is 135 Å². The minimum absolute atomic E-state index is 0.216. The summed E-state index contributed by atoms with van der Waals surface area (Å²) in [4.78, 5) is 31.1. The van der Waals surface area contributed by atoms with Crippen LogP contribution in [0.5, 0.6) is 5.75 Å². The molecule has 3 aromatic heterocycles. The van der Waals surface area contributed by atoms with Crippen LogP contribution >= 0.6 is 11.3 Å². The molecule has 0 atom stereocenters. The number of fused-ring (bicyclic) bond motifs is 1. The Bertz CT molecular complexity index is 1770. The van der Waals surface area contributed by atoms with Gasteiger partial charge in [0.15, 0.2) is 0 Å². The van der Waals surface area contributed by atoms with Crippen LogP contribution in [0.25, 0.3) is 27.3 Å². The van der Waals surface area contributed by atoms with E-state index in [4.69, 9.17) is 4.74 Å². The van der Waals surface area contributed by atoms with Crippen LogP contribution in [-0.2, 0) is 6.54 Å². The second-order valence-electron chi connectivity index (χ2n) is 8.33. The van der Waals surface area contributed by atoms with Crippen molar-refractivity contribution in [2.24, 2.45) is 0 Å². The molecule has 5 aromatic rings. The summed E-state index contributed by atoms with van der Waals surface area (Å²) in [7, 11) is 0. The molecule has 0 aliphatic heterocycles. The number of aryl methyl sites for hydroxylation is 1. The van der Waals surface area contributed by atoms with Crippen molar-refractivity contribution in [3.8, 4) is 22.1 Å². The average Bonchev–Trinajstić information content (AvgIpc) is 3.52. The molecule has 0 unspecified atom stereocenters. The van der Waals surface area contributed by atoms with Gasteiger partial charge in [-0.1, -0.05) is 61.7 Å². The van der Waals surface area contributed by atoms with E-state index in [0.29, 0.717) is 33.2 Å². The molecule has 5 rings (SSSR count). The largest absolute Gasteiger partial charge is 0.457 e. The molecular weight excluding hydrogens is 484 g/mol. The Morgan fingerprint density at radius 3 is 2.68 bits per heavy atom. The van der Waals surface area contributed by atoms with Gasteiger partial charge < -0.3 is 9.30 Å². The second-order valence-corrected chi connectivity index (χ2v) is 9.17. The lowest BCUT2D eigenvalue weighted by molar-refractivity contribution is 0.444. The summed E-state index contributed by atoms with van der Waals surface area (Å²) >= 11 is 1.36. The molecular formula is C29H24N4O3S. The number of ether oxygens (including phenoxy) is 1. The molecule has 0 radical (unpaired) electrons. The summed E-state index contributed by atoms with van der Waals surface area (Å²) < 4.78 is 8.83. The lowest BCUT2D eigenvalue weighted by Gasteiger charge is -2.12. The van der Waals surface area contributed by atoms with E-state index in [1.165, 1.54) is 22.1 Å². The van der Waals surface area contributed by atoms with Crippen molar-refractivity contribution in [2.75, 3.05) is 0 Å². The van der Waals surface area contributed by atoms with E-state index in [1.807, 2.05) is 60.0 Å². The molecule has 1 N–H and O–H groups in total. The zero-order chi connectivity index (χ0) is 25.9. The SMILES string of the molecule is C=C/C=C(\C=C)Oc1cccc(Cn2c(C)c3c(=O)n(-c4nc(-c5ccccc5)cs4)[nH]c3cc2=O)c1. The Morgan fingerprint density at radius 2 is 1.92 bits per heavy atom. The standard InChI is InChI=1S/C29H24N4O3S/c1-4-10-22(5-2)36-23-14-9-11-20(15-23)17-32-19(3)27-24(16-26(32)34)31-33(28(27)35)29-30-25(18-37-29)21-12-7-6-8-13-21/h4-16,18,31H,1-2,17H2,3H3/b22-10+. The molecule has 0 bridgehead atoms. The lowest BCUT2D eigenvalue weighted by Crippen LogP contribution is -2.23. The van der Waals surface area contributed by atoms with Gasteiger partial charge in [0, 0.05) is 22.7 Å². The molecule has 37 heavy (non-hydrogen) atoms. The molecule has 0 spiro atoms. The van der Waals surface area contributed by atoms with Gasteiger partial charge in [0.25, 0.3) is 11.1 Å². The van der Waals surface area contributed by atoms with Gasteiger partial charge in [0.05, 0.1) is 23.1 Å². The summed E-state index contributed by atoms with van der Waals surface area (Å²) in [6, 6.07) is 18.7. The van der Waals surface area contributed by atoms with Crippen molar-refractivity contribution in [3.63, 3.8) is 0 Å². The van der Waals surface area contributed by atoms with E-state index in [2.05, 4.69) is 23.2 Å². The van der Waals surface area contributed by atoms with Gasteiger partial charge in [-0.05, 0) is 36.8 Å². The van der Waals surface area contributed by atoms with E-state index < -0.39 is 0 Å². The van der Waals surface area contributed by atoms with E-state index >= 15 is 0 Å². The van der Waals surface area contributed by atoms with Crippen LogP contribution in [0, 0.1) is 6.92 Å². The number of H-pyrrole nitrogens is 1. The summed E-state index contributed by atoms with van der Waals surface area (Å²) in [5.41, 5.74) is 3.19. The zero-order valence-corrected chi connectivity index (χ0v) is 21.0. The van der Waals surface area contributed by atoms with Crippen LogP contribution in [0.15, 0.2) is 113 Å². The molecule has 0 amide bonds. The first-order valence-electron chi connectivity index (χ1n) is 11.6. The fourth-order valence-corrected chi connectivity index (χ4v) is 4.93. The van der Waals surface area contributed by atoms with Crippen LogP contribution in [0.1, 0.15) is 11.3 Å². The van der Waals surface area contributed by atoms with E-state index in [9.17, 15) is 9.59 Å². The first-order chi connectivity index (χ1) is 18.0. The van der Waals surface area contributed by atoms with E-state index in [0.717, 1.165) is 16.8 Å². The number of nitrogens with one attached hydrogen (secondary N) is 1. The van der Waals surface area contributed by atoms with Crippen molar-refractivity contribution in [1.82, 2.24) is 19.3 Å². The number of benzene rings is 2. The highest BCUT2D eigenvalue weighted by Gasteiger charge is 2.17. The third kappa shape index (κ3) is 4.74. The molecule has 184 valence electrons. The highest BCUT2D eigenvalue weighted by Crippen LogP contribution is 2.24. The Morgan fingerprint density at radius 1 is 1.11 bits per heavy atom. The monoisotopic (exact) mass is 508 g/mol. The summed E-state index contributed by atoms with van der Waals surface area (Å²) in [6.07, 6.45) is 4.93. The number of allylic oxidation sites excluding steroid dienone is 3. The Balaban J connectivity index is 1.50. The number of aromatic nitrogens is 4. The highest BCUT2D eigenvalue weighted by atomic mass is 32.1. The van der Waals surface area contributed by atoms with Gasteiger partial charge >= 0.3 is 0 Å². The molecule has 0 aliphatic carbocycles. The normalized spacial score (nSPS) is 11.5. The first-order valence-corrected chi connectivity index (χ1v) is 12.4. The van der Waals surface area contributed by atoms with Crippen LogP contribution in [0.4, 0.5) is 0 Å². The second kappa shape index (κ2) is 10.1. The number of thiazole rings is 1. The smallest absolute Gasteiger partial charge is 0.282 e. The first kappa shape index (κ1) is 24.0. The van der Waals surface area contributed by atoms with Gasteiger partial charge in [0.2, 0.25) is 5.13 Å². The molecule has 0 saturated carbocycles. The van der Waals surface area contributed by atoms with Gasteiger partial charge in [-0.3, -0.25) is 14.7 Å². The van der Waals surface area contributed by atoms with Crippen LogP contribution in [0.3, 0.4) is 0 Å². The number of rotatable bonds is 8. The van der Waals surface area contributed by atoms with Gasteiger partial charge in [-0.15, -0.1) is 11.3 Å². The Labute approximate surface area is 216 Å². The number of pyridine rings is 1. The minimum atomic E-state index is -0.252. The van der Waals surface area contributed by atoms with Crippen molar-refractivity contribution in [2.45, 2.75) is 13.5 Å². The maximum atomic E-state index is 13.4. The van der Waals surface area contributed by atoms with Crippen molar-refractivity contribution in [1.29, 1.82) is 0 Å². The van der Waals surface area contributed by atoms with E-state index in [1.54, 1.807) is 29.7 Å². The molecule has 0 aliphatic rings. The zero-order valence-electron chi connectivity index (χ0n) is 20.2. The average molecular weight is 509 g/mol. The Hall–Kier alpha value is -4.69. The highest BCUT2D eigenvalue weighted by molar-refractivity contribution is 7.12. The van der Waals surface area contributed by atoms with Crippen LogP contribution in [-0.4, -0.2) is 19.3 Å². The fraction of sp³-hybridized carbons (Fsp3) is 0.0690. The molecule has 0 fully saturated rings. The van der Waals surface area contributed by atoms with Crippen LogP contribution < -0.4 is 15.9 Å². The minimum Gasteiger partial charge on any atom is -0.457 e. The predicted octanol–water partition coefficient (Wildman–Crippen LogP) is 5.60. The molecule has 2 aromatic carbocycles. The molecule has 3 heterocycles. The maximum absolute atomic E-state index is 13.4. The van der Waals surface area contributed by atoms with Gasteiger partial charge in [-0.25, -0.2) is 4.98 Å². The summed E-state index contributed by atoms with van der Waals surface area (Å²) in [6.45, 7) is 9.48. The maximum Gasteiger partial charge on any atom is 0.282 e. The number of hydrogen-bond acceptors (Lipinski definition) is 5. The Kier molecular flexibility index (Phi) is 6.57. The lowest BCUT2D eigenvalue weighted by atomic mass is 10.2.